The topological polar surface area (TPSA) is 178 Å². The Morgan fingerprint density at radius 1 is 1.04 bits per heavy atom. The van der Waals surface area contributed by atoms with Crippen LogP contribution in [-0.2, 0) is 32.0 Å². The molecule has 49 heavy (non-hydrogen) atoms. The van der Waals surface area contributed by atoms with Crippen LogP contribution in [0.2, 0.25) is 0 Å². The van der Waals surface area contributed by atoms with E-state index in [1.165, 1.54) is 11.0 Å². The van der Waals surface area contributed by atoms with Crippen molar-refractivity contribution in [2.45, 2.75) is 110 Å². The van der Waals surface area contributed by atoms with Gasteiger partial charge in [0.05, 0.1) is 12.1 Å². The molecule has 2 aliphatic rings. The maximum Gasteiger partial charge on any atom is 0.407 e. The Kier molecular flexibility index (Phi) is 14.9. The summed E-state index contributed by atoms with van der Waals surface area (Å²) in [6, 6.07) is 4.17. The molecular weight excluding hydrogens is 628 g/mol. The van der Waals surface area contributed by atoms with Crippen molar-refractivity contribution >= 4 is 29.8 Å². The number of aliphatic hydroxyl groups excluding tert-OH is 1. The van der Waals surface area contributed by atoms with Gasteiger partial charge in [-0.05, 0) is 61.5 Å². The van der Waals surface area contributed by atoms with Crippen LogP contribution in [0.5, 0.6) is 0 Å². The molecule has 1 saturated heterocycles. The summed E-state index contributed by atoms with van der Waals surface area (Å²) in [5, 5.41) is 24.7. The smallest absolute Gasteiger partial charge is 0.407 e. The average Bonchev–Trinajstić information content (AvgIpc) is 3.73. The summed E-state index contributed by atoms with van der Waals surface area (Å²) in [7, 11) is 0. The van der Waals surface area contributed by atoms with Gasteiger partial charge in [0.15, 0.2) is 6.10 Å². The lowest BCUT2D eigenvalue weighted by molar-refractivity contribution is -0.142. The van der Waals surface area contributed by atoms with Gasteiger partial charge in [-0.1, -0.05) is 70.9 Å². The zero-order valence-electron chi connectivity index (χ0n) is 29.7. The van der Waals surface area contributed by atoms with Gasteiger partial charge in [0.1, 0.15) is 18.7 Å². The van der Waals surface area contributed by atoms with Gasteiger partial charge >= 0.3 is 12.1 Å². The summed E-state index contributed by atoms with van der Waals surface area (Å²) in [6.07, 6.45) is 3.45. The molecule has 0 spiro atoms. The number of carbonyl (C=O) groups is 5. The van der Waals surface area contributed by atoms with Crippen LogP contribution in [0.15, 0.2) is 36.9 Å². The standard InChI is InChI=1S/C36H56N6O7/c1-7-10-16-26(30(43)32(45)38-18-8-2)39-31(44)27-17-13-19-42(27)33(46)29(25-20-23-14-11-12-15-24(23)21-25)41-34(47)40-28(36(4,5)6)22-49-35(48)37-9-3/h8,11-12,14-15,25-30,43H,2,7,9-10,13,16-22H2,1,3-6H3,(H,37,48)(H,38,45)(H,39,44)(H2,40,41,47)/t26?,27-,28+,29-,30?/m0/s1. The van der Waals surface area contributed by atoms with E-state index in [2.05, 4.69) is 33.2 Å². The summed E-state index contributed by atoms with van der Waals surface area (Å²) in [4.78, 5) is 67.8. The van der Waals surface area contributed by atoms with Crippen molar-refractivity contribution in [3.63, 3.8) is 0 Å². The number of nitrogens with zero attached hydrogens (tertiary/aromatic N) is 1. The second-order valence-electron chi connectivity index (χ2n) is 14.0. The van der Waals surface area contributed by atoms with Crippen molar-refractivity contribution in [2.75, 3.05) is 26.2 Å². The number of nitrogens with one attached hydrogen (secondary N) is 5. The molecule has 1 aromatic rings. The third-order valence-electron chi connectivity index (χ3n) is 9.26. The molecule has 6 amide bonds. The van der Waals surface area contributed by atoms with Gasteiger partial charge in [0, 0.05) is 19.6 Å². The number of hydrogen-bond donors (Lipinski definition) is 6. The fourth-order valence-electron chi connectivity index (χ4n) is 6.37. The van der Waals surface area contributed by atoms with Gasteiger partial charge in [0.2, 0.25) is 11.8 Å². The van der Waals surface area contributed by atoms with Crippen molar-refractivity contribution in [2.24, 2.45) is 11.3 Å². The summed E-state index contributed by atoms with van der Waals surface area (Å²) in [6.45, 7) is 13.9. The normalized spacial score (nSPS) is 18.3. The molecule has 13 heteroatoms. The number of benzene rings is 1. The van der Waals surface area contributed by atoms with Crippen LogP contribution in [0.3, 0.4) is 0 Å². The van der Waals surface area contributed by atoms with Gasteiger partial charge in [-0.3, -0.25) is 14.4 Å². The Morgan fingerprint density at radius 2 is 1.71 bits per heavy atom. The summed E-state index contributed by atoms with van der Waals surface area (Å²) < 4.78 is 5.34. The molecular formula is C36H56N6O7. The Balaban J connectivity index is 1.81. The third kappa shape index (κ3) is 11.2. The van der Waals surface area contributed by atoms with Crippen LogP contribution in [0.25, 0.3) is 0 Å². The second-order valence-corrected chi connectivity index (χ2v) is 14.0. The Morgan fingerprint density at radius 3 is 2.31 bits per heavy atom. The first-order chi connectivity index (χ1) is 23.3. The number of carbonyl (C=O) groups excluding carboxylic acids is 5. The van der Waals surface area contributed by atoms with Crippen molar-refractivity contribution in [1.82, 2.24) is 31.5 Å². The van der Waals surface area contributed by atoms with Gasteiger partial charge in [-0.2, -0.15) is 0 Å². The first kappa shape index (κ1) is 39.3. The van der Waals surface area contributed by atoms with Gasteiger partial charge in [-0.15, -0.1) is 6.58 Å². The number of unbranched alkanes of at least 4 members (excludes halogenated alkanes) is 1. The van der Waals surface area contributed by atoms with E-state index in [0.717, 1.165) is 17.5 Å². The van der Waals surface area contributed by atoms with Crippen LogP contribution < -0.4 is 26.6 Å². The van der Waals surface area contributed by atoms with Gasteiger partial charge in [-0.25, -0.2) is 9.59 Å². The van der Waals surface area contributed by atoms with E-state index in [-0.39, 0.29) is 25.0 Å². The molecule has 2 unspecified atom stereocenters. The van der Waals surface area contributed by atoms with Crippen molar-refractivity contribution in [3.8, 4) is 0 Å². The molecule has 1 aromatic carbocycles. The highest BCUT2D eigenvalue weighted by atomic mass is 16.5. The van der Waals surface area contributed by atoms with E-state index in [1.807, 2.05) is 52.0 Å². The summed E-state index contributed by atoms with van der Waals surface area (Å²) >= 11 is 0. The summed E-state index contributed by atoms with van der Waals surface area (Å²) in [5.74, 6) is -1.68. The summed E-state index contributed by atoms with van der Waals surface area (Å²) in [5.41, 5.74) is 1.73. The molecule has 3 rings (SSSR count). The van der Waals surface area contributed by atoms with Crippen LogP contribution in [0, 0.1) is 11.3 Å². The van der Waals surface area contributed by atoms with Crippen LogP contribution >= 0.6 is 0 Å². The van der Waals surface area contributed by atoms with Crippen LogP contribution in [-0.4, -0.2) is 96.4 Å². The van der Waals surface area contributed by atoms with Crippen LogP contribution in [0.1, 0.15) is 77.8 Å². The lowest BCUT2D eigenvalue weighted by atomic mass is 9.87. The zero-order chi connectivity index (χ0) is 36.1. The molecule has 0 saturated carbocycles. The predicted molar refractivity (Wildman–Crippen MR) is 186 cm³/mol. The highest BCUT2D eigenvalue weighted by molar-refractivity contribution is 5.93. The first-order valence-electron chi connectivity index (χ1n) is 17.5. The van der Waals surface area contributed by atoms with E-state index >= 15 is 0 Å². The minimum Gasteiger partial charge on any atom is -0.447 e. The molecule has 5 atom stereocenters. The Hall–Kier alpha value is -4.13. The third-order valence-corrected chi connectivity index (χ3v) is 9.26. The van der Waals surface area contributed by atoms with E-state index in [4.69, 9.17) is 4.74 Å². The average molecular weight is 685 g/mol. The van der Waals surface area contributed by atoms with Crippen molar-refractivity contribution < 1.29 is 33.8 Å². The minimum absolute atomic E-state index is 0.0682. The van der Waals surface area contributed by atoms with E-state index < -0.39 is 59.6 Å². The quantitative estimate of drug-likeness (QED) is 0.145. The molecule has 1 heterocycles. The number of aliphatic hydroxyl groups is 1. The highest BCUT2D eigenvalue weighted by Gasteiger charge is 2.43. The number of alkyl carbamates (subject to hydrolysis) is 1. The number of likely N-dealkylation sites (tertiary alicyclic amines) is 1. The molecule has 6 N–H and O–H groups in total. The van der Waals surface area contributed by atoms with Crippen molar-refractivity contribution in [3.05, 3.63) is 48.0 Å². The lowest BCUT2D eigenvalue weighted by Gasteiger charge is -2.34. The maximum absolute atomic E-state index is 14.4. The Labute approximate surface area is 290 Å². The molecule has 272 valence electrons. The van der Waals surface area contributed by atoms with E-state index in [0.29, 0.717) is 51.6 Å². The fraction of sp³-hybridized carbons (Fsp3) is 0.639. The molecule has 1 aliphatic carbocycles. The predicted octanol–water partition coefficient (Wildman–Crippen LogP) is 2.56. The van der Waals surface area contributed by atoms with Gasteiger partial charge < -0.3 is 41.3 Å². The van der Waals surface area contributed by atoms with Crippen molar-refractivity contribution in [1.29, 1.82) is 0 Å². The fourth-order valence-corrected chi connectivity index (χ4v) is 6.37. The Bertz CT molecular complexity index is 1290. The van der Waals surface area contributed by atoms with E-state index in [9.17, 15) is 29.1 Å². The number of amides is 6. The van der Waals surface area contributed by atoms with E-state index in [1.54, 1.807) is 6.92 Å². The van der Waals surface area contributed by atoms with Crippen LogP contribution in [0.4, 0.5) is 9.59 Å². The number of ether oxygens (including phenoxy) is 1. The number of urea groups is 1. The molecule has 0 radical (unpaired) electrons. The maximum atomic E-state index is 14.4. The number of fused-ring (bicyclic) bond motifs is 1. The largest absolute Gasteiger partial charge is 0.447 e. The minimum atomic E-state index is -1.47. The SMILES string of the molecule is C=CCNC(=O)C(O)C(CCCC)NC(=O)[C@@H]1CCCN1C(=O)[C@@H](NC(=O)N[C@H](COC(=O)NCC)C(C)(C)C)C1Cc2ccccc2C1. The number of hydrogen-bond acceptors (Lipinski definition) is 7. The number of rotatable bonds is 16. The molecule has 0 bridgehead atoms. The molecule has 13 nitrogen and oxygen atoms in total. The molecule has 1 aliphatic heterocycles. The monoisotopic (exact) mass is 684 g/mol. The highest BCUT2D eigenvalue weighted by Crippen LogP contribution is 2.31. The first-order valence-corrected chi connectivity index (χ1v) is 17.5. The molecule has 0 aromatic heterocycles. The van der Waals surface area contributed by atoms with Gasteiger partial charge in [0.25, 0.3) is 5.91 Å². The lowest BCUT2D eigenvalue weighted by Crippen LogP contribution is -2.60. The second kappa shape index (κ2) is 18.6. The zero-order valence-corrected chi connectivity index (χ0v) is 29.7. The molecule has 1 fully saturated rings.